The van der Waals surface area contributed by atoms with Gasteiger partial charge in [0.1, 0.15) is 0 Å². The predicted octanol–water partition coefficient (Wildman–Crippen LogP) is 4.09. The van der Waals surface area contributed by atoms with E-state index in [9.17, 15) is 0 Å². The molecule has 0 aromatic heterocycles. The fraction of sp³-hybridized carbons (Fsp3) is 0.556. The monoisotopic (exact) mass is 192 g/mol. The topological polar surface area (TPSA) is 0 Å². The van der Waals surface area contributed by atoms with Crippen molar-refractivity contribution in [2.75, 3.05) is 5.88 Å². The normalized spacial score (nSPS) is 13.8. The highest BCUT2D eigenvalue weighted by Crippen LogP contribution is 2.08. The zero-order valence-electron chi connectivity index (χ0n) is 7.03. The van der Waals surface area contributed by atoms with Crippen LogP contribution in [0.4, 0.5) is 0 Å². The summed E-state index contributed by atoms with van der Waals surface area (Å²) < 4.78 is 0. The van der Waals surface area contributed by atoms with Crippen LogP contribution in [0.15, 0.2) is 22.8 Å². The summed E-state index contributed by atoms with van der Waals surface area (Å²) in [6, 6.07) is 0. The minimum absolute atomic E-state index is 0.607. The van der Waals surface area contributed by atoms with Gasteiger partial charge in [0.05, 0.1) is 0 Å². The summed E-state index contributed by atoms with van der Waals surface area (Å²) in [7, 11) is 0. The molecule has 0 N–H and O–H groups in total. The predicted molar refractivity (Wildman–Crippen MR) is 53.3 cm³/mol. The first-order chi connectivity index (χ1) is 5.16. The molecular formula is C9H14Cl2. The first kappa shape index (κ1) is 11.1. The number of hydrogen-bond donors (Lipinski definition) is 0. The Morgan fingerprint density at radius 1 is 1.27 bits per heavy atom. The van der Waals surface area contributed by atoms with Gasteiger partial charge in [-0.1, -0.05) is 29.3 Å². The molecule has 0 nitrogen and oxygen atoms in total. The molecule has 2 heteroatoms. The molecule has 0 aliphatic heterocycles. The Morgan fingerprint density at radius 3 is 2.36 bits per heavy atom. The highest BCUT2D eigenvalue weighted by molar-refractivity contribution is 6.29. The zero-order chi connectivity index (χ0) is 8.69. The molecule has 0 unspecified atom stereocenters. The van der Waals surface area contributed by atoms with Gasteiger partial charge in [0, 0.05) is 10.9 Å². The minimum Gasteiger partial charge on any atom is -0.122 e. The Balaban J connectivity index is 3.54. The summed E-state index contributed by atoms with van der Waals surface area (Å²) in [5.41, 5.74) is 1.33. The van der Waals surface area contributed by atoms with Crippen LogP contribution < -0.4 is 0 Å². The lowest BCUT2D eigenvalue weighted by Gasteiger charge is -1.95. The van der Waals surface area contributed by atoms with Crippen LogP contribution in [0.2, 0.25) is 0 Å². The molecule has 0 heterocycles. The van der Waals surface area contributed by atoms with E-state index in [1.165, 1.54) is 5.57 Å². The maximum Gasteiger partial charge on any atom is 0.0406 e. The number of rotatable bonds is 4. The highest BCUT2D eigenvalue weighted by Gasteiger charge is 1.87. The molecule has 0 fully saturated rings. The minimum atomic E-state index is 0.607. The molecule has 0 aliphatic rings. The molecule has 0 aromatic carbocycles. The number of alkyl halides is 1. The van der Waals surface area contributed by atoms with Gasteiger partial charge in [0.2, 0.25) is 0 Å². The average molecular weight is 193 g/mol. The Morgan fingerprint density at radius 2 is 1.91 bits per heavy atom. The van der Waals surface area contributed by atoms with Crippen LogP contribution in [0, 0.1) is 0 Å². The van der Waals surface area contributed by atoms with Crippen LogP contribution in [0.5, 0.6) is 0 Å². The molecule has 0 amide bonds. The molecule has 0 aromatic rings. The van der Waals surface area contributed by atoms with Gasteiger partial charge in [-0.25, -0.2) is 0 Å². The van der Waals surface area contributed by atoms with Crippen LogP contribution >= 0.6 is 23.2 Å². The molecule has 0 aliphatic carbocycles. The molecule has 0 spiro atoms. The van der Waals surface area contributed by atoms with Gasteiger partial charge in [0.25, 0.3) is 0 Å². The van der Waals surface area contributed by atoms with Gasteiger partial charge in [-0.2, -0.15) is 0 Å². The summed E-state index contributed by atoms with van der Waals surface area (Å²) in [5.74, 6) is 0.607. The van der Waals surface area contributed by atoms with Crippen molar-refractivity contribution in [1.29, 1.82) is 0 Å². The highest BCUT2D eigenvalue weighted by atomic mass is 35.5. The molecule has 64 valence electrons. The van der Waals surface area contributed by atoms with E-state index in [4.69, 9.17) is 23.2 Å². The van der Waals surface area contributed by atoms with Crippen molar-refractivity contribution in [1.82, 2.24) is 0 Å². The lowest BCUT2D eigenvalue weighted by atomic mass is 10.1. The van der Waals surface area contributed by atoms with Crippen LogP contribution in [-0.2, 0) is 0 Å². The average Bonchev–Trinajstić information content (AvgIpc) is 1.87. The first-order valence-corrected chi connectivity index (χ1v) is 4.62. The molecule has 0 bridgehead atoms. The van der Waals surface area contributed by atoms with E-state index in [2.05, 4.69) is 6.92 Å². The van der Waals surface area contributed by atoms with Crippen molar-refractivity contribution in [3.63, 3.8) is 0 Å². The summed E-state index contributed by atoms with van der Waals surface area (Å²) in [6.07, 6.45) is 6.11. The van der Waals surface area contributed by atoms with Crippen LogP contribution in [0.1, 0.15) is 26.7 Å². The third kappa shape index (κ3) is 7.96. The third-order valence-corrected chi connectivity index (χ3v) is 1.70. The number of allylic oxidation sites excluding steroid dienone is 4. The van der Waals surface area contributed by atoms with Crippen molar-refractivity contribution >= 4 is 23.2 Å². The van der Waals surface area contributed by atoms with E-state index in [0.717, 1.165) is 17.9 Å². The van der Waals surface area contributed by atoms with Crippen LogP contribution in [-0.4, -0.2) is 5.88 Å². The van der Waals surface area contributed by atoms with Crippen molar-refractivity contribution in [3.8, 4) is 0 Å². The van der Waals surface area contributed by atoms with Gasteiger partial charge >= 0.3 is 0 Å². The fourth-order valence-corrected chi connectivity index (χ4v) is 1.11. The van der Waals surface area contributed by atoms with Gasteiger partial charge in [0.15, 0.2) is 0 Å². The zero-order valence-corrected chi connectivity index (χ0v) is 8.54. The third-order valence-electron chi connectivity index (χ3n) is 1.39. The van der Waals surface area contributed by atoms with E-state index in [0.29, 0.717) is 5.88 Å². The van der Waals surface area contributed by atoms with E-state index < -0.39 is 0 Å². The lowest BCUT2D eigenvalue weighted by molar-refractivity contribution is 0.971. The summed E-state index contributed by atoms with van der Waals surface area (Å²) in [5, 5.41) is 0.865. The molecule has 0 atom stereocenters. The van der Waals surface area contributed by atoms with E-state index in [-0.39, 0.29) is 0 Å². The van der Waals surface area contributed by atoms with E-state index in [1.54, 1.807) is 0 Å². The van der Waals surface area contributed by atoms with Crippen LogP contribution in [0.25, 0.3) is 0 Å². The molecule has 0 saturated heterocycles. The molecular weight excluding hydrogens is 179 g/mol. The SMILES string of the molecule is C/C(Cl)=C/CC/C(C)=C/CCl. The molecule has 0 saturated carbocycles. The molecule has 0 radical (unpaired) electrons. The smallest absolute Gasteiger partial charge is 0.0406 e. The first-order valence-electron chi connectivity index (χ1n) is 3.70. The Labute approximate surface area is 78.9 Å². The number of hydrogen-bond acceptors (Lipinski definition) is 0. The van der Waals surface area contributed by atoms with Gasteiger partial charge in [-0.3, -0.25) is 0 Å². The second-order valence-electron chi connectivity index (χ2n) is 2.53. The van der Waals surface area contributed by atoms with Crippen molar-refractivity contribution in [2.45, 2.75) is 26.7 Å². The van der Waals surface area contributed by atoms with Gasteiger partial charge in [-0.05, 0) is 26.7 Å². The molecule has 11 heavy (non-hydrogen) atoms. The summed E-state index contributed by atoms with van der Waals surface area (Å²) in [6.45, 7) is 3.97. The molecule has 0 rings (SSSR count). The van der Waals surface area contributed by atoms with Crippen molar-refractivity contribution in [2.24, 2.45) is 0 Å². The Bertz CT molecular complexity index is 153. The lowest BCUT2D eigenvalue weighted by Crippen LogP contribution is -1.77. The quantitative estimate of drug-likeness (QED) is 0.465. The Hall–Kier alpha value is 0.0600. The maximum absolute atomic E-state index is 5.65. The van der Waals surface area contributed by atoms with Crippen molar-refractivity contribution < 1.29 is 0 Å². The van der Waals surface area contributed by atoms with Crippen molar-refractivity contribution in [3.05, 3.63) is 22.8 Å². The van der Waals surface area contributed by atoms with E-state index in [1.807, 2.05) is 19.1 Å². The summed E-state index contributed by atoms with van der Waals surface area (Å²) in [4.78, 5) is 0. The van der Waals surface area contributed by atoms with Gasteiger partial charge < -0.3 is 0 Å². The standard InChI is InChI=1S/C9H14Cl2/c1-8(6-7-10)4-3-5-9(2)11/h5-6H,3-4,7H2,1-2H3/b8-6+,9-5-. The largest absolute Gasteiger partial charge is 0.122 e. The van der Waals surface area contributed by atoms with Gasteiger partial charge in [-0.15, -0.1) is 11.6 Å². The second kappa shape index (κ2) is 6.75. The number of halogens is 2. The van der Waals surface area contributed by atoms with E-state index >= 15 is 0 Å². The second-order valence-corrected chi connectivity index (χ2v) is 3.44. The maximum atomic E-state index is 5.65. The van der Waals surface area contributed by atoms with Crippen LogP contribution in [0.3, 0.4) is 0 Å². The Kier molecular flexibility index (Phi) is 6.79. The summed E-state index contributed by atoms with van der Waals surface area (Å²) >= 11 is 11.2. The fourth-order valence-electron chi connectivity index (χ4n) is 0.732.